The van der Waals surface area contributed by atoms with Crippen molar-refractivity contribution in [3.8, 4) is 33.8 Å². The molecule has 0 saturated heterocycles. The second-order valence-electron chi connectivity index (χ2n) is 8.37. The number of aromatic nitrogens is 3. The molecule has 0 saturated carbocycles. The lowest BCUT2D eigenvalue weighted by Gasteiger charge is -2.33. The maximum absolute atomic E-state index is 12.9. The van der Waals surface area contributed by atoms with Crippen molar-refractivity contribution in [2.75, 3.05) is 6.61 Å². The van der Waals surface area contributed by atoms with Crippen molar-refractivity contribution < 1.29 is 14.3 Å². The predicted octanol–water partition coefficient (Wildman–Crippen LogP) is 6.71. The Kier molecular flexibility index (Phi) is 5.58. The van der Waals surface area contributed by atoms with E-state index in [1.807, 2.05) is 44.2 Å². The van der Waals surface area contributed by atoms with Crippen LogP contribution >= 0.6 is 23.2 Å². The van der Waals surface area contributed by atoms with Gasteiger partial charge in [0.15, 0.2) is 5.69 Å². The third-order valence-electron chi connectivity index (χ3n) is 5.69. The minimum absolute atomic E-state index is 0.190. The van der Waals surface area contributed by atoms with Gasteiger partial charge in [0.2, 0.25) is 0 Å². The first-order valence-corrected chi connectivity index (χ1v) is 11.6. The number of halogens is 2. The first-order chi connectivity index (χ1) is 16.3. The number of hydrogen-bond donors (Lipinski definition) is 0. The van der Waals surface area contributed by atoms with Crippen molar-refractivity contribution >= 4 is 29.2 Å². The highest BCUT2D eigenvalue weighted by atomic mass is 35.5. The zero-order valence-electron chi connectivity index (χ0n) is 18.8. The number of ether oxygens (including phenoxy) is 2. The van der Waals surface area contributed by atoms with Gasteiger partial charge in [-0.25, -0.2) is 9.48 Å². The fourth-order valence-electron chi connectivity index (χ4n) is 4.25. The number of benzene rings is 2. The molecular formula is C26H21Cl2N3O3. The lowest BCUT2D eigenvalue weighted by molar-refractivity contribution is 0.0500. The van der Waals surface area contributed by atoms with Gasteiger partial charge in [-0.05, 0) is 62.7 Å². The van der Waals surface area contributed by atoms with Crippen LogP contribution in [0.25, 0.3) is 28.1 Å². The molecule has 8 heteroatoms. The molecule has 0 radical (unpaired) electrons. The van der Waals surface area contributed by atoms with E-state index in [0.717, 1.165) is 22.4 Å². The van der Waals surface area contributed by atoms with E-state index >= 15 is 0 Å². The van der Waals surface area contributed by atoms with E-state index in [2.05, 4.69) is 10.1 Å². The monoisotopic (exact) mass is 493 g/mol. The van der Waals surface area contributed by atoms with Crippen LogP contribution in [-0.2, 0) is 10.3 Å². The van der Waals surface area contributed by atoms with Crippen molar-refractivity contribution in [1.29, 1.82) is 0 Å². The standard InChI is InChI=1S/C26H21Cl2N3O3/c1-4-33-25(32)23-22-24(31(30-23)20-10-8-17(27)13-19(20)28)18-9-7-15(16-6-5-11-29-14-16)12-21(18)34-26(22,2)3/h5-14H,4H2,1-3H3. The second kappa shape index (κ2) is 8.46. The summed E-state index contributed by atoms with van der Waals surface area (Å²) >= 11 is 12.7. The molecule has 0 atom stereocenters. The Balaban J connectivity index is 1.79. The molecule has 5 rings (SSSR count). The zero-order chi connectivity index (χ0) is 24.0. The molecule has 172 valence electrons. The number of fused-ring (bicyclic) bond motifs is 3. The number of carbonyl (C=O) groups excluding carboxylic acids is 1. The summed E-state index contributed by atoms with van der Waals surface area (Å²) in [4.78, 5) is 17.1. The van der Waals surface area contributed by atoms with Crippen molar-refractivity contribution in [1.82, 2.24) is 14.8 Å². The number of rotatable bonds is 4. The molecule has 0 amide bonds. The minimum atomic E-state index is -0.866. The average molecular weight is 494 g/mol. The minimum Gasteiger partial charge on any atom is -0.482 e. The molecule has 0 fully saturated rings. The first-order valence-electron chi connectivity index (χ1n) is 10.8. The SMILES string of the molecule is CCOC(=O)c1nn(-c2ccc(Cl)cc2Cl)c2c1C(C)(C)Oc1cc(-c3cccnc3)ccc1-2. The zero-order valence-corrected chi connectivity index (χ0v) is 20.3. The van der Waals surface area contributed by atoms with Gasteiger partial charge in [-0.3, -0.25) is 4.98 Å². The Morgan fingerprint density at radius 2 is 1.94 bits per heavy atom. The molecule has 34 heavy (non-hydrogen) atoms. The molecule has 2 aromatic heterocycles. The number of nitrogens with zero attached hydrogens (tertiary/aromatic N) is 3. The molecule has 3 heterocycles. The lowest BCUT2D eigenvalue weighted by atomic mass is 9.88. The molecule has 1 aliphatic heterocycles. The van der Waals surface area contributed by atoms with E-state index in [-0.39, 0.29) is 12.3 Å². The normalized spacial score (nSPS) is 13.6. The molecule has 4 aromatic rings. The fourth-order valence-corrected chi connectivity index (χ4v) is 4.74. The maximum Gasteiger partial charge on any atom is 0.359 e. The van der Waals surface area contributed by atoms with Crippen molar-refractivity contribution in [3.63, 3.8) is 0 Å². The topological polar surface area (TPSA) is 66.2 Å². The first kappa shape index (κ1) is 22.4. The van der Waals surface area contributed by atoms with Crippen LogP contribution in [0.4, 0.5) is 0 Å². The van der Waals surface area contributed by atoms with E-state index in [1.165, 1.54) is 0 Å². The van der Waals surface area contributed by atoms with Gasteiger partial charge < -0.3 is 9.47 Å². The number of carbonyl (C=O) groups is 1. The second-order valence-corrected chi connectivity index (χ2v) is 9.21. The van der Waals surface area contributed by atoms with Gasteiger partial charge in [0, 0.05) is 28.5 Å². The smallest absolute Gasteiger partial charge is 0.359 e. The largest absolute Gasteiger partial charge is 0.482 e. The third kappa shape index (κ3) is 3.73. The lowest BCUT2D eigenvalue weighted by Crippen LogP contribution is -2.31. The van der Waals surface area contributed by atoms with Crippen LogP contribution < -0.4 is 4.74 Å². The summed E-state index contributed by atoms with van der Waals surface area (Å²) in [6.07, 6.45) is 3.54. The number of esters is 1. The Bertz CT molecular complexity index is 1410. The highest BCUT2D eigenvalue weighted by Crippen LogP contribution is 2.49. The van der Waals surface area contributed by atoms with Crippen LogP contribution in [0, 0.1) is 0 Å². The van der Waals surface area contributed by atoms with Gasteiger partial charge >= 0.3 is 5.97 Å². The predicted molar refractivity (Wildman–Crippen MR) is 132 cm³/mol. The van der Waals surface area contributed by atoms with Gasteiger partial charge in [-0.15, -0.1) is 0 Å². The average Bonchev–Trinajstić information content (AvgIpc) is 3.21. The summed E-state index contributed by atoms with van der Waals surface area (Å²) in [5.74, 6) is 0.148. The van der Waals surface area contributed by atoms with Gasteiger partial charge in [-0.1, -0.05) is 35.3 Å². The Labute approximate surface area is 207 Å². The Hall–Kier alpha value is -3.35. The number of hydrogen-bond acceptors (Lipinski definition) is 5. The quantitative estimate of drug-likeness (QED) is 0.295. The van der Waals surface area contributed by atoms with Crippen LogP contribution in [-0.4, -0.2) is 27.3 Å². The van der Waals surface area contributed by atoms with Crippen molar-refractivity contribution in [2.45, 2.75) is 26.4 Å². The summed E-state index contributed by atoms with van der Waals surface area (Å²) in [5.41, 5.74) is 4.00. The van der Waals surface area contributed by atoms with Crippen LogP contribution in [0.15, 0.2) is 60.9 Å². The highest BCUT2D eigenvalue weighted by molar-refractivity contribution is 6.35. The van der Waals surface area contributed by atoms with E-state index in [0.29, 0.717) is 27.0 Å². The van der Waals surface area contributed by atoms with Gasteiger partial charge in [0.25, 0.3) is 0 Å². The molecule has 0 unspecified atom stereocenters. The molecule has 0 N–H and O–H groups in total. The van der Waals surface area contributed by atoms with E-state index in [1.54, 1.807) is 42.2 Å². The van der Waals surface area contributed by atoms with E-state index in [9.17, 15) is 4.79 Å². The Morgan fingerprint density at radius 3 is 2.65 bits per heavy atom. The van der Waals surface area contributed by atoms with Gasteiger partial charge in [0.1, 0.15) is 11.4 Å². The maximum atomic E-state index is 12.9. The summed E-state index contributed by atoms with van der Waals surface area (Å²) in [6.45, 7) is 5.80. The van der Waals surface area contributed by atoms with E-state index < -0.39 is 11.6 Å². The van der Waals surface area contributed by atoms with Crippen LogP contribution in [0.5, 0.6) is 5.75 Å². The Morgan fingerprint density at radius 1 is 1.12 bits per heavy atom. The van der Waals surface area contributed by atoms with Crippen LogP contribution in [0.3, 0.4) is 0 Å². The highest BCUT2D eigenvalue weighted by Gasteiger charge is 2.42. The molecule has 0 aliphatic carbocycles. The van der Waals surface area contributed by atoms with Gasteiger partial charge in [-0.2, -0.15) is 5.10 Å². The van der Waals surface area contributed by atoms with Gasteiger partial charge in [0.05, 0.1) is 28.6 Å². The molecule has 0 spiro atoms. The van der Waals surface area contributed by atoms with E-state index in [4.69, 9.17) is 32.7 Å². The molecule has 1 aliphatic rings. The molecular weight excluding hydrogens is 473 g/mol. The molecule has 6 nitrogen and oxygen atoms in total. The van der Waals surface area contributed by atoms with Crippen molar-refractivity contribution in [2.24, 2.45) is 0 Å². The van der Waals surface area contributed by atoms with Crippen LogP contribution in [0.2, 0.25) is 10.0 Å². The molecule has 0 bridgehead atoms. The summed E-state index contributed by atoms with van der Waals surface area (Å²) in [7, 11) is 0. The summed E-state index contributed by atoms with van der Waals surface area (Å²) in [5, 5.41) is 5.58. The fraction of sp³-hybridized carbons (Fsp3) is 0.192. The summed E-state index contributed by atoms with van der Waals surface area (Å²) in [6, 6.07) is 15.0. The summed E-state index contributed by atoms with van der Waals surface area (Å²) < 4.78 is 13.4. The van der Waals surface area contributed by atoms with Crippen molar-refractivity contribution in [3.05, 3.63) is 82.2 Å². The molecule has 2 aromatic carbocycles. The third-order valence-corrected chi connectivity index (χ3v) is 6.23. The number of pyridine rings is 1. The van der Waals surface area contributed by atoms with Crippen LogP contribution in [0.1, 0.15) is 36.8 Å².